The molecule has 116 valence electrons. The van der Waals surface area contributed by atoms with Crippen LogP contribution < -0.4 is 10.9 Å². The zero-order valence-electron chi connectivity index (χ0n) is 12.3. The van der Waals surface area contributed by atoms with E-state index in [2.05, 4.69) is 15.3 Å². The lowest BCUT2D eigenvalue weighted by Gasteiger charge is -2.28. The summed E-state index contributed by atoms with van der Waals surface area (Å²) in [5.74, 6) is -0.340. The Morgan fingerprint density at radius 1 is 1.62 bits per heavy atom. The fraction of sp³-hybridized carbons (Fsp3) is 0.643. The Bertz CT molecular complexity index is 571. The first kappa shape index (κ1) is 16.0. The second-order valence-electron chi connectivity index (χ2n) is 5.38. The van der Waals surface area contributed by atoms with E-state index < -0.39 is 11.5 Å². The number of hydrogen-bond donors (Lipinski definition) is 3. The lowest BCUT2D eigenvalue weighted by atomic mass is 9.96. The molecular formula is C14H21N3O3S. The number of carboxylic acid groups (broad SMARTS) is 1. The number of likely N-dealkylation sites (N-methyl/N-ethyl adjacent to an activating group) is 1. The van der Waals surface area contributed by atoms with Gasteiger partial charge in [-0.1, -0.05) is 25.1 Å². The van der Waals surface area contributed by atoms with Crippen molar-refractivity contribution < 1.29 is 9.90 Å². The van der Waals surface area contributed by atoms with E-state index in [1.807, 2.05) is 6.92 Å². The molecule has 0 amide bonds. The van der Waals surface area contributed by atoms with Crippen LogP contribution in [-0.4, -0.2) is 39.4 Å². The number of carboxylic acids is 1. The summed E-state index contributed by atoms with van der Waals surface area (Å²) < 4.78 is 0. The van der Waals surface area contributed by atoms with Gasteiger partial charge in [0.2, 0.25) is 0 Å². The molecule has 1 unspecified atom stereocenters. The molecule has 6 nitrogen and oxygen atoms in total. The van der Waals surface area contributed by atoms with Crippen LogP contribution in [-0.2, 0) is 11.2 Å². The number of thioether (sulfide) groups is 1. The van der Waals surface area contributed by atoms with Gasteiger partial charge in [-0.05, 0) is 32.2 Å². The van der Waals surface area contributed by atoms with Crippen molar-refractivity contribution in [2.45, 2.75) is 43.3 Å². The maximum absolute atomic E-state index is 11.6. The van der Waals surface area contributed by atoms with E-state index in [1.165, 1.54) is 17.8 Å². The summed E-state index contributed by atoms with van der Waals surface area (Å²) in [6.45, 7) is 2.03. The highest BCUT2D eigenvalue weighted by Crippen LogP contribution is 2.42. The van der Waals surface area contributed by atoms with Gasteiger partial charge in [-0.15, -0.1) is 0 Å². The van der Waals surface area contributed by atoms with Gasteiger partial charge in [0, 0.05) is 17.5 Å². The number of aromatic nitrogens is 2. The third kappa shape index (κ3) is 3.65. The highest BCUT2D eigenvalue weighted by atomic mass is 32.2. The predicted octanol–water partition coefficient (Wildman–Crippen LogP) is 1.27. The number of nitrogens with one attached hydrogen (secondary N) is 2. The fourth-order valence-electron chi connectivity index (χ4n) is 2.43. The number of aryl methyl sites for hydroxylation is 1. The molecule has 1 saturated carbocycles. The summed E-state index contributed by atoms with van der Waals surface area (Å²) in [4.78, 5) is 30.3. The van der Waals surface area contributed by atoms with Crippen molar-refractivity contribution in [3.63, 3.8) is 0 Å². The van der Waals surface area contributed by atoms with Gasteiger partial charge in [0.25, 0.3) is 5.56 Å². The van der Waals surface area contributed by atoms with Crippen LogP contribution >= 0.6 is 11.8 Å². The summed E-state index contributed by atoms with van der Waals surface area (Å²) in [6, 6.07) is 1.50. The molecule has 0 bridgehead atoms. The minimum atomic E-state index is -0.940. The average Bonchev–Trinajstić information content (AvgIpc) is 3.24. The molecule has 1 aromatic heterocycles. The van der Waals surface area contributed by atoms with Gasteiger partial charge < -0.3 is 15.4 Å². The first-order valence-electron chi connectivity index (χ1n) is 7.17. The average molecular weight is 311 g/mol. The predicted molar refractivity (Wildman–Crippen MR) is 81.7 cm³/mol. The topological polar surface area (TPSA) is 95.1 Å². The standard InChI is InChI=1S/C14H21N3O3S/c1-3-4-10-7-11(18)17-13(16-10)21-8-14(15-2,12(19)20)9-5-6-9/h7,9,15H,3-6,8H2,1-2H3,(H,19,20)(H,16,17,18). The SMILES string of the molecule is CCCc1cc(=O)[nH]c(SCC(NC)(C(=O)O)C2CC2)n1. The van der Waals surface area contributed by atoms with Crippen molar-refractivity contribution in [1.29, 1.82) is 0 Å². The van der Waals surface area contributed by atoms with E-state index in [4.69, 9.17) is 0 Å². The van der Waals surface area contributed by atoms with Gasteiger partial charge in [0.15, 0.2) is 5.16 Å². The largest absolute Gasteiger partial charge is 0.480 e. The van der Waals surface area contributed by atoms with Crippen LogP contribution in [0, 0.1) is 5.92 Å². The van der Waals surface area contributed by atoms with E-state index >= 15 is 0 Å². The lowest BCUT2D eigenvalue weighted by molar-refractivity contribution is -0.144. The molecule has 0 aromatic carbocycles. The molecule has 1 atom stereocenters. The van der Waals surface area contributed by atoms with Gasteiger partial charge in [0.1, 0.15) is 5.54 Å². The molecule has 7 heteroatoms. The molecular weight excluding hydrogens is 290 g/mol. The van der Waals surface area contributed by atoms with E-state index in [9.17, 15) is 14.7 Å². The zero-order chi connectivity index (χ0) is 15.5. The maximum atomic E-state index is 11.6. The van der Waals surface area contributed by atoms with Gasteiger partial charge in [-0.2, -0.15) is 0 Å². The van der Waals surface area contributed by atoms with Crippen LogP contribution in [0.4, 0.5) is 0 Å². The molecule has 1 aliphatic rings. The first-order valence-corrected chi connectivity index (χ1v) is 8.15. The van der Waals surface area contributed by atoms with Crippen LogP contribution in [0.1, 0.15) is 31.9 Å². The molecule has 0 aliphatic heterocycles. The highest BCUT2D eigenvalue weighted by molar-refractivity contribution is 7.99. The minimum Gasteiger partial charge on any atom is -0.480 e. The van der Waals surface area contributed by atoms with E-state index in [0.717, 1.165) is 31.4 Å². The van der Waals surface area contributed by atoms with Crippen molar-refractivity contribution in [2.75, 3.05) is 12.8 Å². The molecule has 0 saturated heterocycles. The number of carbonyl (C=O) groups is 1. The van der Waals surface area contributed by atoms with Crippen molar-refractivity contribution in [2.24, 2.45) is 5.92 Å². The number of aromatic amines is 1. The molecule has 21 heavy (non-hydrogen) atoms. The van der Waals surface area contributed by atoms with Crippen LogP contribution in [0.25, 0.3) is 0 Å². The number of aliphatic carboxylic acids is 1. The Morgan fingerprint density at radius 3 is 2.86 bits per heavy atom. The van der Waals surface area contributed by atoms with Gasteiger partial charge in [0.05, 0.1) is 0 Å². The number of rotatable bonds is 8. The Labute approximate surface area is 127 Å². The second kappa shape index (κ2) is 6.62. The quantitative estimate of drug-likeness (QED) is 0.494. The van der Waals surface area contributed by atoms with E-state index in [0.29, 0.717) is 10.9 Å². The normalized spacial score (nSPS) is 17.4. The molecule has 0 spiro atoms. The Morgan fingerprint density at radius 2 is 2.33 bits per heavy atom. The highest BCUT2D eigenvalue weighted by Gasteiger charge is 2.50. The lowest BCUT2D eigenvalue weighted by Crippen LogP contribution is -2.54. The molecule has 1 aromatic rings. The van der Waals surface area contributed by atoms with Crippen molar-refractivity contribution in [3.05, 3.63) is 22.1 Å². The summed E-state index contributed by atoms with van der Waals surface area (Å²) in [5.41, 5.74) is -0.377. The van der Waals surface area contributed by atoms with Crippen molar-refractivity contribution in [1.82, 2.24) is 15.3 Å². The van der Waals surface area contributed by atoms with E-state index in [-0.39, 0.29) is 11.5 Å². The molecule has 1 heterocycles. The van der Waals surface area contributed by atoms with Crippen LogP contribution in [0.3, 0.4) is 0 Å². The monoisotopic (exact) mass is 311 g/mol. The Balaban J connectivity index is 2.14. The summed E-state index contributed by atoms with van der Waals surface area (Å²) in [7, 11) is 1.68. The van der Waals surface area contributed by atoms with Crippen LogP contribution in [0.5, 0.6) is 0 Å². The van der Waals surface area contributed by atoms with E-state index in [1.54, 1.807) is 7.05 Å². The third-order valence-electron chi connectivity index (χ3n) is 3.82. The number of H-pyrrole nitrogens is 1. The summed E-state index contributed by atoms with van der Waals surface area (Å²) >= 11 is 1.29. The number of hydrogen-bond acceptors (Lipinski definition) is 5. The van der Waals surface area contributed by atoms with Crippen molar-refractivity contribution >= 4 is 17.7 Å². The Kier molecular flexibility index (Phi) is 5.05. The first-order chi connectivity index (χ1) is 10.0. The molecule has 2 rings (SSSR count). The molecule has 0 radical (unpaired) electrons. The smallest absolute Gasteiger partial charge is 0.325 e. The molecule has 1 fully saturated rings. The summed E-state index contributed by atoms with van der Waals surface area (Å²) in [5, 5.41) is 13.0. The van der Waals surface area contributed by atoms with Crippen LogP contribution in [0.15, 0.2) is 16.0 Å². The third-order valence-corrected chi connectivity index (χ3v) is 4.88. The van der Waals surface area contributed by atoms with Crippen LogP contribution in [0.2, 0.25) is 0 Å². The second-order valence-corrected chi connectivity index (χ2v) is 6.35. The van der Waals surface area contributed by atoms with Crippen molar-refractivity contribution in [3.8, 4) is 0 Å². The minimum absolute atomic E-state index is 0.151. The maximum Gasteiger partial charge on any atom is 0.325 e. The molecule has 1 aliphatic carbocycles. The Hall–Kier alpha value is -1.34. The fourth-order valence-corrected chi connectivity index (χ4v) is 3.65. The van der Waals surface area contributed by atoms with Gasteiger partial charge >= 0.3 is 5.97 Å². The summed E-state index contributed by atoms with van der Waals surface area (Å²) in [6.07, 6.45) is 3.51. The number of nitrogens with zero attached hydrogens (tertiary/aromatic N) is 1. The molecule has 3 N–H and O–H groups in total. The van der Waals surface area contributed by atoms with Gasteiger partial charge in [-0.25, -0.2) is 4.98 Å². The zero-order valence-corrected chi connectivity index (χ0v) is 13.1. The van der Waals surface area contributed by atoms with Gasteiger partial charge in [-0.3, -0.25) is 9.59 Å².